The van der Waals surface area contributed by atoms with E-state index in [1.807, 2.05) is 30.3 Å². The highest BCUT2D eigenvalue weighted by Gasteiger charge is 2.37. The molecule has 3 amide bonds. The molecule has 3 atom stereocenters. The predicted octanol–water partition coefficient (Wildman–Crippen LogP) is -0.638. The molecule has 7 N–H and O–H groups in total. The summed E-state index contributed by atoms with van der Waals surface area (Å²) in [7, 11) is 0. The number of carboxylic acid groups (broad SMARTS) is 1. The minimum atomic E-state index is -1.06. The molecule has 0 aliphatic carbocycles. The van der Waals surface area contributed by atoms with E-state index in [1.54, 1.807) is 0 Å². The average Bonchev–Trinajstić information content (AvgIpc) is 3.27. The highest BCUT2D eigenvalue weighted by Crippen LogP contribution is 2.19. The van der Waals surface area contributed by atoms with Gasteiger partial charge in [-0.1, -0.05) is 36.8 Å². The minimum Gasteiger partial charge on any atom is -0.480 e. The highest BCUT2D eigenvalue weighted by molar-refractivity contribution is 5.93. The van der Waals surface area contributed by atoms with Gasteiger partial charge >= 0.3 is 5.97 Å². The van der Waals surface area contributed by atoms with Gasteiger partial charge in [0.25, 0.3) is 0 Å². The van der Waals surface area contributed by atoms with Crippen LogP contribution in [-0.4, -0.2) is 71.5 Å². The first-order valence-corrected chi connectivity index (χ1v) is 10.9. The number of carbonyl (C=O) groups excluding carboxylic acids is 3. The largest absolute Gasteiger partial charge is 0.480 e. The summed E-state index contributed by atoms with van der Waals surface area (Å²) < 4.78 is 0. The number of aliphatic carboxylic acids is 1. The average molecular weight is 448 g/mol. The number of carbonyl (C=O) groups is 4. The zero-order valence-corrected chi connectivity index (χ0v) is 18.2. The first-order valence-electron chi connectivity index (χ1n) is 10.9. The summed E-state index contributed by atoms with van der Waals surface area (Å²) in [6.07, 6.45) is 3.12. The highest BCUT2D eigenvalue weighted by atomic mass is 16.4. The molecule has 10 heteroatoms. The topological polar surface area (TPSA) is 168 Å². The fourth-order valence-corrected chi connectivity index (χ4v) is 3.72. The van der Waals surface area contributed by atoms with Crippen LogP contribution in [0.15, 0.2) is 30.3 Å². The third kappa shape index (κ3) is 7.61. The SMILES string of the molecule is NCCCC[C@H](N)C(=O)NCC(=O)N[C@@H](Cc1ccccc1)C(=O)N1CCC[C@H]1C(=O)O. The smallest absolute Gasteiger partial charge is 0.326 e. The second-order valence-corrected chi connectivity index (χ2v) is 7.95. The van der Waals surface area contributed by atoms with Gasteiger partial charge in [0.05, 0.1) is 12.6 Å². The van der Waals surface area contributed by atoms with Crippen molar-refractivity contribution in [3.05, 3.63) is 35.9 Å². The van der Waals surface area contributed by atoms with Crippen LogP contribution in [0.25, 0.3) is 0 Å². The Hall–Kier alpha value is -2.98. The maximum atomic E-state index is 13.1. The van der Waals surface area contributed by atoms with E-state index in [9.17, 15) is 24.3 Å². The molecule has 1 aliphatic heterocycles. The maximum absolute atomic E-state index is 13.1. The summed E-state index contributed by atoms with van der Waals surface area (Å²) in [4.78, 5) is 50.5. The summed E-state index contributed by atoms with van der Waals surface area (Å²) >= 11 is 0. The van der Waals surface area contributed by atoms with E-state index < -0.39 is 41.8 Å². The summed E-state index contributed by atoms with van der Waals surface area (Å²) in [5.41, 5.74) is 12.1. The van der Waals surface area contributed by atoms with Gasteiger partial charge in [0.1, 0.15) is 12.1 Å². The van der Waals surface area contributed by atoms with Crippen LogP contribution in [0.4, 0.5) is 0 Å². The Morgan fingerprint density at radius 1 is 1.16 bits per heavy atom. The number of nitrogens with one attached hydrogen (secondary N) is 2. The van der Waals surface area contributed by atoms with Gasteiger partial charge in [0.15, 0.2) is 0 Å². The van der Waals surface area contributed by atoms with Crippen molar-refractivity contribution in [2.75, 3.05) is 19.6 Å². The fraction of sp³-hybridized carbons (Fsp3) is 0.545. The summed E-state index contributed by atoms with van der Waals surface area (Å²) in [5, 5.41) is 14.6. The van der Waals surface area contributed by atoms with Gasteiger partial charge in [-0.3, -0.25) is 14.4 Å². The van der Waals surface area contributed by atoms with E-state index in [2.05, 4.69) is 10.6 Å². The summed E-state index contributed by atoms with van der Waals surface area (Å²) in [5.74, 6) is -2.50. The number of hydrogen-bond donors (Lipinski definition) is 5. The molecular formula is C22H33N5O5. The number of benzene rings is 1. The Labute approximate surface area is 187 Å². The molecule has 0 aromatic heterocycles. The predicted molar refractivity (Wildman–Crippen MR) is 118 cm³/mol. The van der Waals surface area contributed by atoms with Crippen LogP contribution in [0.5, 0.6) is 0 Å². The monoisotopic (exact) mass is 447 g/mol. The van der Waals surface area contributed by atoms with Crippen LogP contribution in [0.2, 0.25) is 0 Å². The van der Waals surface area contributed by atoms with Crippen LogP contribution in [0, 0.1) is 0 Å². The molecule has 0 saturated carbocycles. The second kappa shape index (κ2) is 12.8. The van der Waals surface area contributed by atoms with Gasteiger partial charge < -0.3 is 32.1 Å². The molecule has 0 bridgehead atoms. The zero-order valence-electron chi connectivity index (χ0n) is 18.2. The van der Waals surface area contributed by atoms with Crippen LogP contribution in [0.1, 0.15) is 37.7 Å². The second-order valence-electron chi connectivity index (χ2n) is 7.95. The number of unbranched alkanes of at least 4 members (excludes halogenated alkanes) is 1. The van der Waals surface area contributed by atoms with Crippen molar-refractivity contribution in [1.82, 2.24) is 15.5 Å². The van der Waals surface area contributed by atoms with E-state index in [0.29, 0.717) is 38.8 Å². The van der Waals surface area contributed by atoms with Gasteiger partial charge in [-0.2, -0.15) is 0 Å². The van der Waals surface area contributed by atoms with Crippen molar-refractivity contribution in [3.63, 3.8) is 0 Å². The number of hydrogen-bond acceptors (Lipinski definition) is 6. The molecule has 1 heterocycles. The zero-order chi connectivity index (χ0) is 23.5. The van der Waals surface area contributed by atoms with Crippen molar-refractivity contribution >= 4 is 23.7 Å². The molecule has 1 aromatic rings. The lowest BCUT2D eigenvalue weighted by Gasteiger charge is -2.27. The molecule has 1 aromatic carbocycles. The molecule has 0 spiro atoms. The molecule has 0 unspecified atom stereocenters. The first-order chi connectivity index (χ1) is 15.3. The van der Waals surface area contributed by atoms with E-state index in [0.717, 1.165) is 12.0 Å². The summed E-state index contributed by atoms with van der Waals surface area (Å²) in [6, 6.07) is 6.55. The molecule has 10 nitrogen and oxygen atoms in total. The van der Waals surface area contributed by atoms with E-state index in [4.69, 9.17) is 11.5 Å². The number of rotatable bonds is 12. The number of carboxylic acids is 1. The van der Waals surface area contributed by atoms with Crippen LogP contribution < -0.4 is 22.1 Å². The molecule has 32 heavy (non-hydrogen) atoms. The maximum Gasteiger partial charge on any atom is 0.326 e. The van der Waals surface area contributed by atoms with Crippen LogP contribution >= 0.6 is 0 Å². The Balaban J connectivity index is 1.99. The quantitative estimate of drug-likeness (QED) is 0.266. The Bertz CT molecular complexity index is 788. The van der Waals surface area contributed by atoms with Crippen molar-refractivity contribution in [3.8, 4) is 0 Å². The summed E-state index contributed by atoms with van der Waals surface area (Å²) in [6.45, 7) is 0.517. The van der Waals surface area contributed by atoms with Crippen LogP contribution in [0.3, 0.4) is 0 Å². The fourth-order valence-electron chi connectivity index (χ4n) is 3.72. The molecule has 1 aliphatic rings. The number of amides is 3. The third-order valence-electron chi connectivity index (χ3n) is 5.47. The molecule has 1 fully saturated rings. The molecule has 176 valence electrons. The van der Waals surface area contributed by atoms with Gasteiger partial charge in [-0.25, -0.2) is 4.79 Å². The number of likely N-dealkylation sites (tertiary alicyclic amines) is 1. The third-order valence-corrected chi connectivity index (χ3v) is 5.47. The van der Waals surface area contributed by atoms with Crippen LogP contribution in [-0.2, 0) is 25.6 Å². The lowest BCUT2D eigenvalue weighted by Crippen LogP contribution is -2.54. The molecular weight excluding hydrogens is 414 g/mol. The Morgan fingerprint density at radius 3 is 2.53 bits per heavy atom. The van der Waals surface area contributed by atoms with Crippen molar-refractivity contribution in [2.24, 2.45) is 11.5 Å². The van der Waals surface area contributed by atoms with Gasteiger partial charge in [-0.05, 0) is 37.8 Å². The standard InChI is InChI=1S/C22H33N5O5/c23-11-5-4-9-16(24)20(29)25-14-19(28)26-17(13-15-7-2-1-3-8-15)21(30)27-12-6-10-18(27)22(31)32/h1-3,7-8,16-18H,4-6,9-14,23-24H2,(H,25,29)(H,26,28)(H,31,32)/t16-,17-,18-/m0/s1. The normalized spacial score (nSPS) is 17.4. The minimum absolute atomic E-state index is 0.209. The van der Waals surface area contributed by atoms with Crippen molar-refractivity contribution < 1.29 is 24.3 Å². The lowest BCUT2D eigenvalue weighted by atomic mass is 10.0. The van der Waals surface area contributed by atoms with Gasteiger partial charge in [0.2, 0.25) is 17.7 Å². The molecule has 1 saturated heterocycles. The molecule has 0 radical (unpaired) electrons. The van der Waals surface area contributed by atoms with Gasteiger partial charge in [-0.15, -0.1) is 0 Å². The molecule has 2 rings (SSSR count). The van der Waals surface area contributed by atoms with E-state index in [-0.39, 0.29) is 13.0 Å². The number of nitrogens with two attached hydrogens (primary N) is 2. The first kappa shape index (κ1) is 25.3. The van der Waals surface area contributed by atoms with E-state index in [1.165, 1.54) is 4.90 Å². The lowest BCUT2D eigenvalue weighted by molar-refractivity contribution is -0.149. The Kier molecular flexibility index (Phi) is 10.1. The Morgan fingerprint density at radius 2 is 1.88 bits per heavy atom. The van der Waals surface area contributed by atoms with Gasteiger partial charge in [0, 0.05) is 13.0 Å². The van der Waals surface area contributed by atoms with Crippen molar-refractivity contribution in [1.29, 1.82) is 0 Å². The van der Waals surface area contributed by atoms with E-state index >= 15 is 0 Å². The van der Waals surface area contributed by atoms with Crippen molar-refractivity contribution in [2.45, 2.75) is 56.7 Å². The number of nitrogens with zero attached hydrogens (tertiary/aromatic N) is 1.